The first kappa shape index (κ1) is 13.2. The first-order valence-corrected chi connectivity index (χ1v) is 6.39. The van der Waals surface area contributed by atoms with Gasteiger partial charge in [0.15, 0.2) is 11.6 Å². The van der Waals surface area contributed by atoms with E-state index in [-0.39, 0.29) is 5.56 Å². The van der Waals surface area contributed by atoms with Crippen LogP contribution in [0.4, 0.5) is 14.5 Å². The summed E-state index contributed by atoms with van der Waals surface area (Å²) in [5, 5.41) is 4.56. The first-order valence-electron chi connectivity index (χ1n) is 6.39. The number of carbonyl (C=O) groups excluding carboxylic acids is 1. The van der Waals surface area contributed by atoms with E-state index in [4.69, 9.17) is 0 Å². The van der Waals surface area contributed by atoms with Crippen LogP contribution in [0.25, 0.3) is 10.8 Å². The van der Waals surface area contributed by atoms with Crippen molar-refractivity contribution in [1.29, 1.82) is 0 Å². The van der Waals surface area contributed by atoms with E-state index in [0.29, 0.717) is 5.69 Å². The van der Waals surface area contributed by atoms with Crippen LogP contribution in [-0.2, 0) is 0 Å². The number of hydrogen-bond donors (Lipinski definition) is 1. The SMILES string of the molecule is O=C(Nc1ccc2ccccc2c1)c1cccc(F)c1F. The molecule has 3 aromatic rings. The van der Waals surface area contributed by atoms with Crippen LogP contribution in [0.1, 0.15) is 10.4 Å². The maximum atomic E-state index is 13.6. The van der Waals surface area contributed by atoms with Gasteiger partial charge in [-0.25, -0.2) is 8.78 Å². The lowest BCUT2D eigenvalue weighted by molar-refractivity contribution is 0.102. The topological polar surface area (TPSA) is 29.1 Å². The molecule has 0 heterocycles. The molecule has 1 amide bonds. The molecule has 0 fully saturated rings. The number of fused-ring (bicyclic) bond motifs is 1. The lowest BCUT2D eigenvalue weighted by Gasteiger charge is -2.07. The lowest BCUT2D eigenvalue weighted by Crippen LogP contribution is -2.14. The van der Waals surface area contributed by atoms with Gasteiger partial charge < -0.3 is 5.32 Å². The quantitative estimate of drug-likeness (QED) is 0.743. The summed E-state index contributed by atoms with van der Waals surface area (Å²) < 4.78 is 26.7. The zero-order valence-corrected chi connectivity index (χ0v) is 10.9. The second kappa shape index (κ2) is 5.32. The molecule has 104 valence electrons. The average molecular weight is 283 g/mol. The highest BCUT2D eigenvalue weighted by Gasteiger charge is 2.15. The summed E-state index contributed by atoms with van der Waals surface area (Å²) in [6.45, 7) is 0. The van der Waals surface area contributed by atoms with Crippen molar-refractivity contribution < 1.29 is 13.6 Å². The van der Waals surface area contributed by atoms with Crippen LogP contribution in [-0.4, -0.2) is 5.91 Å². The van der Waals surface area contributed by atoms with Crippen molar-refractivity contribution in [3.05, 3.63) is 77.9 Å². The van der Waals surface area contributed by atoms with Gasteiger partial charge in [0.05, 0.1) is 5.56 Å². The molecule has 0 aliphatic heterocycles. The molecule has 0 aliphatic carbocycles. The van der Waals surface area contributed by atoms with E-state index in [0.717, 1.165) is 16.8 Å². The smallest absolute Gasteiger partial charge is 0.258 e. The summed E-state index contributed by atoms with van der Waals surface area (Å²) in [4.78, 5) is 12.0. The van der Waals surface area contributed by atoms with E-state index < -0.39 is 17.5 Å². The van der Waals surface area contributed by atoms with Gasteiger partial charge in [-0.15, -0.1) is 0 Å². The molecule has 21 heavy (non-hydrogen) atoms. The molecule has 0 bridgehead atoms. The Kier molecular flexibility index (Phi) is 3.36. The maximum absolute atomic E-state index is 13.6. The minimum atomic E-state index is -1.14. The van der Waals surface area contributed by atoms with Gasteiger partial charge in [-0.3, -0.25) is 4.79 Å². The molecule has 4 heteroatoms. The van der Waals surface area contributed by atoms with Gasteiger partial charge in [0, 0.05) is 5.69 Å². The Bertz CT molecular complexity index is 830. The largest absolute Gasteiger partial charge is 0.322 e. The minimum Gasteiger partial charge on any atom is -0.322 e. The summed E-state index contributed by atoms with van der Waals surface area (Å²) >= 11 is 0. The van der Waals surface area contributed by atoms with Crippen molar-refractivity contribution >= 4 is 22.4 Å². The monoisotopic (exact) mass is 283 g/mol. The minimum absolute atomic E-state index is 0.317. The summed E-state index contributed by atoms with van der Waals surface area (Å²) in [5.41, 5.74) is 0.213. The number of nitrogens with one attached hydrogen (secondary N) is 1. The van der Waals surface area contributed by atoms with Crippen molar-refractivity contribution in [2.45, 2.75) is 0 Å². The van der Waals surface area contributed by atoms with Gasteiger partial charge in [0.25, 0.3) is 5.91 Å². The van der Waals surface area contributed by atoms with Crippen molar-refractivity contribution in [2.75, 3.05) is 5.32 Å². The molecule has 2 nitrogen and oxygen atoms in total. The summed E-state index contributed by atoms with van der Waals surface area (Å²) in [5.74, 6) is -2.86. The van der Waals surface area contributed by atoms with Gasteiger partial charge in [0.2, 0.25) is 0 Å². The van der Waals surface area contributed by atoms with E-state index in [1.807, 2.05) is 30.3 Å². The molecule has 0 radical (unpaired) electrons. The normalized spacial score (nSPS) is 10.6. The molecule has 0 aliphatic rings. The fraction of sp³-hybridized carbons (Fsp3) is 0. The van der Waals surface area contributed by atoms with E-state index >= 15 is 0 Å². The van der Waals surface area contributed by atoms with Gasteiger partial charge >= 0.3 is 0 Å². The number of carbonyl (C=O) groups is 1. The highest BCUT2D eigenvalue weighted by atomic mass is 19.2. The molecule has 1 N–H and O–H groups in total. The number of hydrogen-bond acceptors (Lipinski definition) is 1. The number of anilines is 1. The van der Waals surface area contributed by atoms with E-state index in [9.17, 15) is 13.6 Å². The Hall–Kier alpha value is -2.75. The number of rotatable bonds is 2. The fourth-order valence-corrected chi connectivity index (χ4v) is 2.14. The molecule has 0 saturated carbocycles. The predicted molar refractivity (Wildman–Crippen MR) is 78.3 cm³/mol. The first-order chi connectivity index (χ1) is 10.1. The molecular formula is C17H11F2NO. The van der Waals surface area contributed by atoms with Gasteiger partial charge in [0.1, 0.15) is 0 Å². The van der Waals surface area contributed by atoms with Crippen molar-refractivity contribution in [3.8, 4) is 0 Å². The number of benzene rings is 3. The highest BCUT2D eigenvalue weighted by molar-refractivity contribution is 6.05. The number of halogens is 2. The Labute approximate surface area is 120 Å². The average Bonchev–Trinajstić information content (AvgIpc) is 2.50. The Morgan fingerprint density at radius 2 is 1.62 bits per heavy atom. The van der Waals surface area contributed by atoms with Crippen LogP contribution in [0, 0.1) is 11.6 Å². The summed E-state index contributed by atoms with van der Waals surface area (Å²) in [6.07, 6.45) is 0. The van der Waals surface area contributed by atoms with E-state index in [1.54, 1.807) is 12.1 Å². The van der Waals surface area contributed by atoms with Crippen molar-refractivity contribution in [1.82, 2.24) is 0 Å². The Balaban J connectivity index is 1.91. The van der Waals surface area contributed by atoms with Crippen LogP contribution < -0.4 is 5.32 Å². The van der Waals surface area contributed by atoms with Gasteiger partial charge in [-0.2, -0.15) is 0 Å². The molecule has 3 rings (SSSR count). The molecule has 0 atom stereocenters. The van der Waals surface area contributed by atoms with Crippen LogP contribution in [0.2, 0.25) is 0 Å². The Morgan fingerprint density at radius 3 is 2.43 bits per heavy atom. The van der Waals surface area contributed by atoms with Gasteiger partial charge in [-0.05, 0) is 35.0 Å². The van der Waals surface area contributed by atoms with Crippen LogP contribution >= 0.6 is 0 Å². The second-order valence-electron chi connectivity index (χ2n) is 4.62. The van der Waals surface area contributed by atoms with Crippen molar-refractivity contribution in [3.63, 3.8) is 0 Å². The van der Waals surface area contributed by atoms with Crippen LogP contribution in [0.15, 0.2) is 60.7 Å². The molecule has 0 unspecified atom stereocenters. The molecule has 3 aromatic carbocycles. The summed E-state index contributed by atoms with van der Waals surface area (Å²) in [6, 6.07) is 16.5. The second-order valence-corrected chi connectivity index (χ2v) is 4.62. The third kappa shape index (κ3) is 2.60. The standard InChI is InChI=1S/C17H11F2NO/c18-15-7-3-6-14(16(15)19)17(21)20-13-9-8-11-4-1-2-5-12(11)10-13/h1-10H,(H,20,21). The Morgan fingerprint density at radius 1 is 0.857 bits per heavy atom. The van der Waals surface area contributed by atoms with Crippen LogP contribution in [0.5, 0.6) is 0 Å². The fourth-order valence-electron chi connectivity index (χ4n) is 2.14. The third-order valence-corrected chi connectivity index (χ3v) is 3.20. The molecule has 0 saturated heterocycles. The van der Waals surface area contributed by atoms with Gasteiger partial charge in [-0.1, -0.05) is 36.4 Å². The zero-order valence-electron chi connectivity index (χ0n) is 10.9. The summed E-state index contributed by atoms with van der Waals surface area (Å²) in [7, 11) is 0. The number of amides is 1. The third-order valence-electron chi connectivity index (χ3n) is 3.20. The van der Waals surface area contributed by atoms with E-state index in [2.05, 4.69) is 5.32 Å². The molecule has 0 spiro atoms. The van der Waals surface area contributed by atoms with E-state index in [1.165, 1.54) is 12.1 Å². The van der Waals surface area contributed by atoms with Crippen LogP contribution in [0.3, 0.4) is 0 Å². The lowest BCUT2D eigenvalue weighted by atomic mass is 10.1. The highest BCUT2D eigenvalue weighted by Crippen LogP contribution is 2.20. The zero-order chi connectivity index (χ0) is 14.8. The molecular weight excluding hydrogens is 272 g/mol. The predicted octanol–water partition coefficient (Wildman–Crippen LogP) is 4.37. The maximum Gasteiger partial charge on any atom is 0.258 e. The molecule has 0 aromatic heterocycles. The van der Waals surface area contributed by atoms with Crippen molar-refractivity contribution in [2.24, 2.45) is 0 Å².